The normalized spacial score (nSPS) is 11.3. The molecule has 0 saturated heterocycles. The van der Waals surface area contributed by atoms with Crippen LogP contribution >= 0.6 is 0 Å². The Morgan fingerprint density at radius 3 is 2.42 bits per heavy atom. The number of ether oxygens (including phenoxy) is 2. The Hall–Kier alpha value is -0.780. The van der Waals surface area contributed by atoms with Gasteiger partial charge in [-0.2, -0.15) is 13.2 Å². The quantitative estimate of drug-likeness (QED) is 0.487. The highest BCUT2D eigenvalue weighted by Crippen LogP contribution is 2.18. The van der Waals surface area contributed by atoms with E-state index in [1.165, 1.54) is 0 Å². The number of methoxy groups -OCH3 is 1. The summed E-state index contributed by atoms with van der Waals surface area (Å²) in [5.74, 6) is -0.683. The standard InChI is InChI=1S/C6H9F3O3/c1-11-5(10)4-12-3-2-6(7,8)9/h2-4H2,1H3. The summed E-state index contributed by atoms with van der Waals surface area (Å²) < 4.78 is 42.9. The maximum atomic E-state index is 11.5. The molecule has 0 aliphatic carbocycles. The smallest absolute Gasteiger partial charge is 0.391 e. The van der Waals surface area contributed by atoms with Crippen LogP contribution in [-0.4, -0.2) is 32.5 Å². The minimum atomic E-state index is -4.24. The fourth-order valence-electron chi connectivity index (χ4n) is 0.402. The summed E-state index contributed by atoms with van der Waals surface area (Å²) in [6.45, 7) is -0.953. The lowest BCUT2D eigenvalue weighted by atomic mass is 10.4. The lowest BCUT2D eigenvalue weighted by Gasteiger charge is -2.05. The number of carbonyl (C=O) groups excluding carboxylic acids is 1. The van der Waals surface area contributed by atoms with Gasteiger partial charge < -0.3 is 9.47 Å². The molecule has 0 aromatic rings. The topological polar surface area (TPSA) is 35.5 Å². The zero-order chi connectivity index (χ0) is 9.61. The summed E-state index contributed by atoms with van der Waals surface area (Å²) >= 11 is 0. The van der Waals surface area contributed by atoms with E-state index in [4.69, 9.17) is 0 Å². The van der Waals surface area contributed by atoms with Crippen molar-refractivity contribution in [3.63, 3.8) is 0 Å². The SMILES string of the molecule is COC(=O)COCCC(F)(F)F. The summed E-state index contributed by atoms with van der Waals surface area (Å²) in [6.07, 6.45) is -5.29. The molecule has 0 aliphatic heterocycles. The first-order chi connectivity index (χ1) is 5.45. The summed E-state index contributed by atoms with van der Waals surface area (Å²) in [4.78, 5) is 10.3. The first-order valence-electron chi connectivity index (χ1n) is 3.17. The average Bonchev–Trinajstić information content (AvgIpc) is 1.96. The lowest BCUT2D eigenvalue weighted by Crippen LogP contribution is -2.15. The fraction of sp³-hybridized carbons (Fsp3) is 0.833. The van der Waals surface area contributed by atoms with Gasteiger partial charge in [0.15, 0.2) is 0 Å². The molecule has 12 heavy (non-hydrogen) atoms. The molecule has 0 fully saturated rings. The van der Waals surface area contributed by atoms with E-state index in [2.05, 4.69) is 9.47 Å². The van der Waals surface area contributed by atoms with Gasteiger partial charge in [0.2, 0.25) is 0 Å². The molecule has 0 aromatic carbocycles. The van der Waals surface area contributed by atoms with E-state index >= 15 is 0 Å². The Balaban J connectivity index is 3.28. The molecule has 0 spiro atoms. The highest BCUT2D eigenvalue weighted by Gasteiger charge is 2.26. The van der Waals surface area contributed by atoms with Crippen molar-refractivity contribution in [2.45, 2.75) is 12.6 Å². The third kappa shape index (κ3) is 7.33. The van der Waals surface area contributed by atoms with Crippen molar-refractivity contribution < 1.29 is 27.4 Å². The molecule has 0 rings (SSSR count). The van der Waals surface area contributed by atoms with Crippen molar-refractivity contribution in [2.75, 3.05) is 20.3 Å². The first-order valence-corrected chi connectivity index (χ1v) is 3.17. The van der Waals surface area contributed by atoms with E-state index in [9.17, 15) is 18.0 Å². The second-order valence-electron chi connectivity index (χ2n) is 1.99. The van der Waals surface area contributed by atoms with Gasteiger partial charge in [-0.25, -0.2) is 4.79 Å². The Morgan fingerprint density at radius 2 is 2.00 bits per heavy atom. The molecule has 0 atom stereocenters. The van der Waals surface area contributed by atoms with Gasteiger partial charge in [-0.1, -0.05) is 0 Å². The summed E-state index contributed by atoms with van der Waals surface area (Å²) in [7, 11) is 1.13. The van der Waals surface area contributed by atoms with Crippen molar-refractivity contribution in [1.29, 1.82) is 0 Å². The molecule has 0 N–H and O–H groups in total. The minimum absolute atomic E-state index is 0.438. The molecule has 72 valence electrons. The predicted molar refractivity (Wildman–Crippen MR) is 33.5 cm³/mol. The molecule has 0 unspecified atom stereocenters. The number of esters is 1. The van der Waals surface area contributed by atoms with Crippen LogP contribution in [-0.2, 0) is 14.3 Å². The number of hydrogen-bond donors (Lipinski definition) is 0. The van der Waals surface area contributed by atoms with E-state index in [0.29, 0.717) is 0 Å². The van der Waals surface area contributed by atoms with Gasteiger partial charge in [-0.05, 0) is 0 Å². The van der Waals surface area contributed by atoms with Crippen LogP contribution in [0.1, 0.15) is 6.42 Å². The minimum Gasteiger partial charge on any atom is -0.467 e. The van der Waals surface area contributed by atoms with Crippen LogP contribution < -0.4 is 0 Å². The number of alkyl halides is 3. The molecule has 0 heterocycles. The Bertz CT molecular complexity index is 143. The van der Waals surface area contributed by atoms with Crippen LogP contribution in [0.25, 0.3) is 0 Å². The second-order valence-corrected chi connectivity index (χ2v) is 1.99. The fourth-order valence-corrected chi connectivity index (χ4v) is 0.402. The van der Waals surface area contributed by atoms with E-state index < -0.39 is 31.8 Å². The van der Waals surface area contributed by atoms with Crippen LogP contribution in [0.4, 0.5) is 13.2 Å². The number of rotatable bonds is 4. The summed E-state index contributed by atoms with van der Waals surface area (Å²) in [5, 5.41) is 0. The zero-order valence-electron chi connectivity index (χ0n) is 6.48. The first kappa shape index (κ1) is 11.2. The molecule has 0 radical (unpaired) electrons. The van der Waals surface area contributed by atoms with E-state index in [-0.39, 0.29) is 0 Å². The van der Waals surface area contributed by atoms with Crippen molar-refractivity contribution in [1.82, 2.24) is 0 Å². The lowest BCUT2D eigenvalue weighted by molar-refractivity contribution is -0.156. The van der Waals surface area contributed by atoms with Crippen molar-refractivity contribution in [3.05, 3.63) is 0 Å². The average molecular weight is 186 g/mol. The molecule has 0 bridgehead atoms. The highest BCUT2D eigenvalue weighted by molar-refractivity contribution is 5.70. The molecular weight excluding hydrogens is 177 g/mol. The highest BCUT2D eigenvalue weighted by atomic mass is 19.4. The Morgan fingerprint density at radius 1 is 1.42 bits per heavy atom. The molecule has 0 aliphatic rings. The maximum absolute atomic E-state index is 11.5. The molecule has 0 aromatic heterocycles. The van der Waals surface area contributed by atoms with Crippen LogP contribution in [0.5, 0.6) is 0 Å². The van der Waals surface area contributed by atoms with Gasteiger partial charge in [0.1, 0.15) is 6.61 Å². The van der Waals surface area contributed by atoms with Crippen LogP contribution in [0.3, 0.4) is 0 Å². The molecular formula is C6H9F3O3. The van der Waals surface area contributed by atoms with Crippen molar-refractivity contribution in [3.8, 4) is 0 Å². The van der Waals surface area contributed by atoms with E-state index in [1.807, 2.05) is 0 Å². The van der Waals surface area contributed by atoms with Crippen LogP contribution in [0.2, 0.25) is 0 Å². The van der Waals surface area contributed by atoms with Gasteiger partial charge in [-0.3, -0.25) is 0 Å². The monoisotopic (exact) mass is 186 g/mol. The van der Waals surface area contributed by atoms with Gasteiger partial charge in [0.25, 0.3) is 0 Å². The molecule has 6 heteroatoms. The third-order valence-electron chi connectivity index (χ3n) is 0.977. The van der Waals surface area contributed by atoms with Gasteiger partial charge in [0.05, 0.1) is 20.1 Å². The Kier molecular flexibility index (Phi) is 4.65. The number of carbonyl (C=O) groups is 1. The molecule has 0 saturated carbocycles. The Labute approximate surface area is 67.4 Å². The number of halogens is 3. The van der Waals surface area contributed by atoms with Gasteiger partial charge in [0, 0.05) is 0 Å². The second kappa shape index (κ2) is 4.97. The van der Waals surface area contributed by atoms with E-state index in [1.54, 1.807) is 0 Å². The van der Waals surface area contributed by atoms with Crippen LogP contribution in [0.15, 0.2) is 0 Å². The third-order valence-corrected chi connectivity index (χ3v) is 0.977. The van der Waals surface area contributed by atoms with Gasteiger partial charge in [-0.15, -0.1) is 0 Å². The number of hydrogen-bond acceptors (Lipinski definition) is 3. The summed E-state index contributed by atoms with van der Waals surface area (Å²) in [5.41, 5.74) is 0. The van der Waals surface area contributed by atoms with Crippen molar-refractivity contribution in [2.24, 2.45) is 0 Å². The summed E-state index contributed by atoms with van der Waals surface area (Å²) in [6, 6.07) is 0. The van der Waals surface area contributed by atoms with Crippen LogP contribution in [0, 0.1) is 0 Å². The zero-order valence-corrected chi connectivity index (χ0v) is 6.48. The predicted octanol–water partition coefficient (Wildman–Crippen LogP) is 1.13. The maximum Gasteiger partial charge on any atom is 0.391 e. The largest absolute Gasteiger partial charge is 0.467 e. The van der Waals surface area contributed by atoms with Crippen molar-refractivity contribution >= 4 is 5.97 Å². The van der Waals surface area contributed by atoms with Gasteiger partial charge >= 0.3 is 12.1 Å². The molecule has 0 amide bonds. The van der Waals surface area contributed by atoms with E-state index in [0.717, 1.165) is 7.11 Å². The molecule has 3 nitrogen and oxygen atoms in total.